The minimum absolute atomic E-state index is 0.00122. The van der Waals surface area contributed by atoms with Crippen molar-refractivity contribution in [3.63, 3.8) is 0 Å². The Bertz CT molecular complexity index is 1040. The Morgan fingerprint density at radius 2 is 1.81 bits per heavy atom. The minimum atomic E-state index is -2.66. The van der Waals surface area contributed by atoms with E-state index in [1.807, 2.05) is 0 Å². The molecule has 0 radical (unpaired) electrons. The second-order valence-electron chi connectivity index (χ2n) is 9.55. The van der Waals surface area contributed by atoms with Crippen LogP contribution >= 0.6 is 11.8 Å². The van der Waals surface area contributed by atoms with Crippen molar-refractivity contribution < 1.29 is 32.3 Å². The highest BCUT2D eigenvalue weighted by Gasteiger charge is 2.41. The van der Waals surface area contributed by atoms with Gasteiger partial charge in [0.25, 0.3) is 11.8 Å². The van der Waals surface area contributed by atoms with Crippen LogP contribution in [0.2, 0.25) is 0 Å². The van der Waals surface area contributed by atoms with Gasteiger partial charge in [0.15, 0.2) is 0 Å². The molecule has 3 aliphatic rings. The number of carbonyl (C=O) groups is 4. The molecular weight excluding hydrogens is 495 g/mol. The van der Waals surface area contributed by atoms with Crippen LogP contribution in [0.5, 0.6) is 0 Å². The van der Waals surface area contributed by atoms with Crippen molar-refractivity contribution in [2.45, 2.75) is 81.2 Å². The predicted octanol–water partition coefficient (Wildman–Crippen LogP) is 3.89. The molecule has 36 heavy (non-hydrogen) atoms. The summed E-state index contributed by atoms with van der Waals surface area (Å²) < 4.78 is 41.0. The number of carbonyl (C=O) groups excluding carboxylic acids is 4. The molecule has 0 aliphatic carbocycles. The fourth-order valence-electron chi connectivity index (χ4n) is 4.90. The lowest BCUT2D eigenvalue weighted by atomic mass is 10.0. The first-order chi connectivity index (χ1) is 17.2. The van der Waals surface area contributed by atoms with Gasteiger partial charge in [0, 0.05) is 55.8 Å². The first-order valence-electron chi connectivity index (χ1n) is 12.4. The van der Waals surface area contributed by atoms with Crippen molar-refractivity contribution in [1.29, 1.82) is 0 Å². The Morgan fingerprint density at radius 3 is 2.53 bits per heavy atom. The zero-order valence-electron chi connectivity index (χ0n) is 20.0. The maximum atomic E-state index is 14.5. The summed E-state index contributed by atoms with van der Waals surface area (Å²) in [7, 11) is 0. The van der Waals surface area contributed by atoms with Crippen LogP contribution in [0.25, 0.3) is 0 Å². The summed E-state index contributed by atoms with van der Waals surface area (Å²) in [4.78, 5) is 52.4. The molecular formula is C25H30F3N3O4S. The van der Waals surface area contributed by atoms with Crippen LogP contribution in [0.1, 0.15) is 73.7 Å². The molecule has 4 amide bonds. The number of fused-ring (bicyclic) bond motifs is 1. The van der Waals surface area contributed by atoms with E-state index in [1.165, 1.54) is 27.6 Å². The highest BCUT2D eigenvalue weighted by molar-refractivity contribution is 7.99. The number of piperidine rings is 2. The lowest BCUT2D eigenvalue weighted by Crippen LogP contribution is -2.52. The largest absolute Gasteiger partial charge is 0.342 e. The number of nitrogens with zero attached hydrogens (tertiary/aromatic N) is 2. The average molecular weight is 526 g/mol. The number of benzene rings is 1. The molecule has 1 atom stereocenters. The van der Waals surface area contributed by atoms with Crippen LogP contribution in [0.4, 0.5) is 13.2 Å². The van der Waals surface area contributed by atoms with E-state index in [4.69, 9.17) is 0 Å². The van der Waals surface area contributed by atoms with E-state index in [9.17, 15) is 32.3 Å². The van der Waals surface area contributed by atoms with Gasteiger partial charge in [0.1, 0.15) is 11.9 Å². The third-order valence-electron chi connectivity index (χ3n) is 7.00. The topological polar surface area (TPSA) is 86.8 Å². The van der Waals surface area contributed by atoms with Crippen LogP contribution in [-0.4, -0.2) is 64.2 Å². The fourth-order valence-corrected chi connectivity index (χ4v) is 5.97. The van der Waals surface area contributed by atoms with Crippen LogP contribution < -0.4 is 5.32 Å². The Labute approximate surface area is 212 Å². The Hall–Kier alpha value is -2.56. The van der Waals surface area contributed by atoms with E-state index < -0.39 is 29.6 Å². The number of nitrogens with one attached hydrogen (secondary N) is 1. The van der Waals surface area contributed by atoms with E-state index in [1.54, 1.807) is 6.07 Å². The lowest BCUT2D eigenvalue weighted by molar-refractivity contribution is -0.138. The van der Waals surface area contributed by atoms with Crippen LogP contribution in [0.3, 0.4) is 0 Å². The molecule has 0 aromatic heterocycles. The number of hydrogen-bond acceptors (Lipinski definition) is 5. The molecule has 1 aromatic carbocycles. The number of halogens is 3. The standard InChI is InChI=1S/C25H30F3N3O4S/c26-17-6-8-19(16-15-31(24(35)22(16)17)18-7-9-20(32)29-23(18)34)36-14-4-2-1-3-5-21(33)30-12-10-25(27,28)11-13-30/h6,8,18H,1-5,7,9-15H2,(H,29,32,34). The van der Waals surface area contributed by atoms with Crippen molar-refractivity contribution in [2.75, 3.05) is 18.8 Å². The zero-order valence-corrected chi connectivity index (χ0v) is 20.8. The van der Waals surface area contributed by atoms with E-state index in [0.717, 1.165) is 29.9 Å². The number of alkyl halides is 2. The maximum Gasteiger partial charge on any atom is 0.258 e. The average Bonchev–Trinajstić information content (AvgIpc) is 3.17. The van der Waals surface area contributed by atoms with Gasteiger partial charge in [-0.15, -0.1) is 11.8 Å². The second-order valence-corrected chi connectivity index (χ2v) is 10.7. The third-order valence-corrected chi connectivity index (χ3v) is 8.19. The molecule has 1 N–H and O–H groups in total. The van der Waals surface area contributed by atoms with Crippen LogP contribution in [0.15, 0.2) is 17.0 Å². The minimum Gasteiger partial charge on any atom is -0.342 e. The molecule has 196 valence electrons. The molecule has 2 fully saturated rings. The molecule has 11 heteroatoms. The first kappa shape index (κ1) is 26.5. The number of amides is 4. The van der Waals surface area contributed by atoms with Gasteiger partial charge in [0.2, 0.25) is 17.7 Å². The third kappa shape index (κ3) is 6.04. The molecule has 7 nitrogen and oxygen atoms in total. The van der Waals surface area contributed by atoms with Gasteiger partial charge < -0.3 is 9.80 Å². The maximum absolute atomic E-state index is 14.5. The summed E-state index contributed by atoms with van der Waals surface area (Å²) in [6.45, 7) is 0.368. The molecule has 4 rings (SSSR count). The van der Waals surface area contributed by atoms with Crippen molar-refractivity contribution in [3.05, 3.63) is 29.1 Å². The zero-order chi connectivity index (χ0) is 25.9. The number of likely N-dealkylation sites (tertiary alicyclic amines) is 1. The molecule has 3 aliphatic heterocycles. The van der Waals surface area contributed by atoms with E-state index in [0.29, 0.717) is 18.4 Å². The van der Waals surface area contributed by atoms with Gasteiger partial charge in [-0.1, -0.05) is 12.8 Å². The highest BCUT2D eigenvalue weighted by atomic mass is 32.2. The number of thioether (sulfide) groups is 1. The molecule has 0 saturated carbocycles. The summed E-state index contributed by atoms with van der Waals surface area (Å²) in [5.41, 5.74) is 0.575. The van der Waals surface area contributed by atoms with Gasteiger partial charge in [0.05, 0.1) is 5.56 Å². The second kappa shape index (κ2) is 11.2. The van der Waals surface area contributed by atoms with Gasteiger partial charge in [-0.25, -0.2) is 13.2 Å². The normalized spacial score (nSPS) is 21.5. The first-order valence-corrected chi connectivity index (χ1v) is 13.4. The van der Waals surface area contributed by atoms with E-state index in [2.05, 4.69) is 5.32 Å². The number of unbranched alkanes of at least 4 members (excludes halogenated alkanes) is 3. The highest BCUT2D eigenvalue weighted by Crippen LogP contribution is 2.36. The van der Waals surface area contributed by atoms with E-state index in [-0.39, 0.29) is 62.7 Å². The predicted molar refractivity (Wildman–Crippen MR) is 127 cm³/mol. The summed E-state index contributed by atoms with van der Waals surface area (Å²) in [6.07, 6.45) is 3.51. The van der Waals surface area contributed by atoms with E-state index >= 15 is 0 Å². The lowest BCUT2D eigenvalue weighted by Gasteiger charge is -2.31. The molecule has 0 spiro atoms. The Morgan fingerprint density at radius 1 is 1.08 bits per heavy atom. The summed E-state index contributed by atoms with van der Waals surface area (Å²) in [6, 6.07) is 2.14. The molecule has 1 unspecified atom stereocenters. The fraction of sp³-hybridized carbons (Fsp3) is 0.600. The van der Waals surface area contributed by atoms with Gasteiger partial charge in [-0.05, 0) is 37.1 Å². The van der Waals surface area contributed by atoms with Crippen LogP contribution in [0, 0.1) is 5.82 Å². The Kier molecular flexibility index (Phi) is 8.27. The quantitative estimate of drug-likeness (QED) is 0.300. The number of hydrogen-bond donors (Lipinski definition) is 1. The summed E-state index contributed by atoms with van der Waals surface area (Å²) >= 11 is 1.53. The molecule has 2 saturated heterocycles. The summed E-state index contributed by atoms with van der Waals surface area (Å²) in [5, 5.41) is 2.25. The van der Waals surface area contributed by atoms with Crippen molar-refractivity contribution >= 4 is 35.4 Å². The van der Waals surface area contributed by atoms with Gasteiger partial charge in [-0.2, -0.15) is 0 Å². The summed E-state index contributed by atoms with van der Waals surface area (Å²) in [5.74, 6) is -4.01. The number of imide groups is 1. The smallest absolute Gasteiger partial charge is 0.258 e. The Balaban J connectivity index is 1.21. The SMILES string of the molecule is O=C1CCC(N2Cc3c(SCCCCCCC(=O)N4CCC(F)(F)CC4)ccc(F)c3C2=O)C(=O)N1. The van der Waals surface area contributed by atoms with Crippen LogP contribution in [-0.2, 0) is 20.9 Å². The van der Waals surface area contributed by atoms with Crippen molar-refractivity contribution in [1.82, 2.24) is 15.1 Å². The van der Waals surface area contributed by atoms with Gasteiger partial charge >= 0.3 is 0 Å². The molecule has 0 bridgehead atoms. The van der Waals surface area contributed by atoms with Crippen molar-refractivity contribution in [3.8, 4) is 0 Å². The number of rotatable bonds is 9. The van der Waals surface area contributed by atoms with Crippen molar-refractivity contribution in [2.24, 2.45) is 0 Å². The van der Waals surface area contributed by atoms with Gasteiger partial charge in [-0.3, -0.25) is 24.5 Å². The molecule has 1 aromatic rings. The molecule has 3 heterocycles. The monoisotopic (exact) mass is 525 g/mol.